The van der Waals surface area contributed by atoms with E-state index in [9.17, 15) is 9.18 Å². The highest BCUT2D eigenvalue weighted by Crippen LogP contribution is 2.36. The Morgan fingerprint density at radius 3 is 2.36 bits per heavy atom. The zero-order valence-corrected chi connectivity index (χ0v) is 20.0. The summed E-state index contributed by atoms with van der Waals surface area (Å²) in [6.07, 6.45) is 6.79. The first kappa shape index (κ1) is 23.7. The van der Waals surface area contributed by atoms with Gasteiger partial charge in [-0.3, -0.25) is 4.79 Å². The molecular weight excluding hydrogens is 415 g/mol. The number of hydrogen-bond acceptors (Lipinski definition) is 3. The van der Waals surface area contributed by atoms with Crippen molar-refractivity contribution < 1.29 is 13.9 Å². The van der Waals surface area contributed by atoms with Gasteiger partial charge in [0, 0.05) is 45.6 Å². The molecule has 0 bridgehead atoms. The van der Waals surface area contributed by atoms with Crippen molar-refractivity contribution in [1.82, 2.24) is 9.80 Å². The maximum atomic E-state index is 13.3. The average molecular weight is 453 g/mol. The van der Waals surface area contributed by atoms with Crippen molar-refractivity contribution in [2.75, 3.05) is 33.3 Å². The molecule has 0 N–H and O–H groups in total. The molecule has 2 fully saturated rings. The third-order valence-electron chi connectivity index (χ3n) is 7.49. The Kier molecular flexibility index (Phi) is 8.02. The van der Waals surface area contributed by atoms with E-state index in [-0.39, 0.29) is 11.7 Å². The molecule has 2 aliphatic rings. The van der Waals surface area contributed by atoms with E-state index in [4.69, 9.17) is 4.74 Å². The summed E-state index contributed by atoms with van der Waals surface area (Å²) in [5, 5.41) is 0. The van der Waals surface area contributed by atoms with E-state index in [1.54, 1.807) is 26.2 Å². The Hall–Kier alpha value is -2.40. The molecular formula is C28H37FN2O2. The second kappa shape index (κ2) is 11.1. The molecule has 1 aliphatic heterocycles. The normalized spacial score (nSPS) is 21.8. The fourth-order valence-corrected chi connectivity index (χ4v) is 5.66. The number of likely N-dealkylation sites (tertiary alicyclic amines) is 1. The predicted molar refractivity (Wildman–Crippen MR) is 130 cm³/mol. The lowest BCUT2D eigenvalue weighted by Crippen LogP contribution is -2.36. The number of carbonyl (C=O) groups excluding carboxylic acids is 1. The summed E-state index contributed by atoms with van der Waals surface area (Å²) in [4.78, 5) is 17.1. The van der Waals surface area contributed by atoms with Gasteiger partial charge in [0.15, 0.2) is 0 Å². The molecule has 178 valence electrons. The van der Waals surface area contributed by atoms with E-state index >= 15 is 0 Å². The molecule has 4 nitrogen and oxygen atoms in total. The van der Waals surface area contributed by atoms with E-state index < -0.39 is 0 Å². The van der Waals surface area contributed by atoms with Crippen LogP contribution in [-0.4, -0.2) is 49.0 Å². The van der Waals surface area contributed by atoms with Crippen LogP contribution in [0.15, 0.2) is 48.5 Å². The molecule has 1 saturated heterocycles. The summed E-state index contributed by atoms with van der Waals surface area (Å²) in [6, 6.07) is 14.9. The van der Waals surface area contributed by atoms with Gasteiger partial charge >= 0.3 is 0 Å². The standard InChI is InChI=1S/C28H37FN2O2/c1-21(32)31(17-23-8-12-26(29)13-9-23)19-25-18-30(16-22-6-4-3-5-7-22)20-28(25)24-10-14-27(33-2)15-11-24/h8-15,22,25,28H,3-7,16-20H2,1-2H3/t25-,28-/m1/s1. The van der Waals surface area contributed by atoms with Crippen molar-refractivity contribution in [1.29, 1.82) is 0 Å². The van der Waals surface area contributed by atoms with Gasteiger partial charge in [0.2, 0.25) is 5.91 Å². The minimum atomic E-state index is -0.248. The number of rotatable bonds is 8. The van der Waals surface area contributed by atoms with Crippen molar-refractivity contribution in [3.05, 3.63) is 65.5 Å². The maximum absolute atomic E-state index is 13.3. The van der Waals surface area contributed by atoms with E-state index in [1.165, 1.54) is 56.3 Å². The fraction of sp³-hybridized carbons (Fsp3) is 0.536. The van der Waals surface area contributed by atoms with Crippen molar-refractivity contribution in [2.24, 2.45) is 11.8 Å². The Labute approximate surface area is 197 Å². The second-order valence-corrected chi connectivity index (χ2v) is 9.89. The third-order valence-corrected chi connectivity index (χ3v) is 7.49. The Bertz CT molecular complexity index is 893. The molecule has 2 aromatic carbocycles. The SMILES string of the molecule is COc1ccc([C@H]2CN(CC3CCCCC3)C[C@@H]2CN(Cc2ccc(F)cc2)C(C)=O)cc1. The number of carbonyl (C=O) groups is 1. The summed E-state index contributed by atoms with van der Waals surface area (Å²) in [7, 11) is 1.69. The van der Waals surface area contributed by atoms with E-state index in [0.717, 1.165) is 30.3 Å². The van der Waals surface area contributed by atoms with Gasteiger partial charge < -0.3 is 14.5 Å². The third kappa shape index (κ3) is 6.35. The maximum Gasteiger partial charge on any atom is 0.219 e. The lowest BCUT2D eigenvalue weighted by Gasteiger charge is -2.28. The lowest BCUT2D eigenvalue weighted by atomic mass is 9.88. The number of amides is 1. The molecule has 2 atom stereocenters. The Balaban J connectivity index is 1.50. The number of ether oxygens (including phenoxy) is 1. The van der Waals surface area contributed by atoms with E-state index in [0.29, 0.717) is 24.9 Å². The number of methoxy groups -OCH3 is 1. The van der Waals surface area contributed by atoms with Crippen LogP contribution in [0, 0.1) is 17.7 Å². The van der Waals surface area contributed by atoms with Gasteiger partial charge in [-0.05, 0) is 60.1 Å². The lowest BCUT2D eigenvalue weighted by molar-refractivity contribution is -0.130. The second-order valence-electron chi connectivity index (χ2n) is 9.89. The zero-order chi connectivity index (χ0) is 23.2. The van der Waals surface area contributed by atoms with E-state index in [1.807, 2.05) is 17.0 Å². The highest BCUT2D eigenvalue weighted by Gasteiger charge is 2.36. The van der Waals surface area contributed by atoms with Crippen LogP contribution in [0.1, 0.15) is 56.1 Å². The largest absolute Gasteiger partial charge is 0.497 e. The van der Waals surface area contributed by atoms with Crippen molar-refractivity contribution >= 4 is 5.91 Å². The molecule has 0 spiro atoms. The summed E-state index contributed by atoms with van der Waals surface area (Å²) in [5.41, 5.74) is 2.28. The first-order chi connectivity index (χ1) is 16.0. The van der Waals surface area contributed by atoms with Crippen LogP contribution in [-0.2, 0) is 11.3 Å². The molecule has 4 rings (SSSR count). The number of halogens is 1. The molecule has 0 radical (unpaired) electrons. The molecule has 2 aromatic rings. The summed E-state index contributed by atoms with van der Waals surface area (Å²) >= 11 is 0. The Morgan fingerprint density at radius 1 is 1.03 bits per heavy atom. The highest BCUT2D eigenvalue weighted by atomic mass is 19.1. The summed E-state index contributed by atoms with van der Waals surface area (Å²) in [6.45, 7) is 6.09. The monoisotopic (exact) mass is 452 g/mol. The molecule has 1 aliphatic carbocycles. The quantitative estimate of drug-likeness (QED) is 0.532. The van der Waals surface area contributed by atoms with Crippen molar-refractivity contribution in [2.45, 2.75) is 51.5 Å². The minimum absolute atomic E-state index is 0.0681. The molecule has 33 heavy (non-hydrogen) atoms. The first-order valence-corrected chi connectivity index (χ1v) is 12.4. The minimum Gasteiger partial charge on any atom is -0.497 e. The van der Waals surface area contributed by atoms with E-state index in [2.05, 4.69) is 17.0 Å². The fourth-order valence-electron chi connectivity index (χ4n) is 5.66. The van der Waals surface area contributed by atoms with Gasteiger partial charge in [-0.15, -0.1) is 0 Å². The topological polar surface area (TPSA) is 32.8 Å². The van der Waals surface area contributed by atoms with Gasteiger partial charge in [-0.2, -0.15) is 0 Å². The van der Waals surface area contributed by atoms with Crippen LogP contribution < -0.4 is 4.74 Å². The van der Waals surface area contributed by atoms with Crippen LogP contribution in [0.5, 0.6) is 5.75 Å². The van der Waals surface area contributed by atoms with Crippen molar-refractivity contribution in [3.8, 4) is 5.75 Å². The van der Waals surface area contributed by atoms with Crippen LogP contribution in [0.2, 0.25) is 0 Å². The Morgan fingerprint density at radius 2 is 1.73 bits per heavy atom. The highest BCUT2D eigenvalue weighted by molar-refractivity contribution is 5.73. The van der Waals surface area contributed by atoms with Crippen LogP contribution >= 0.6 is 0 Å². The molecule has 1 saturated carbocycles. The molecule has 1 heterocycles. The zero-order valence-electron chi connectivity index (χ0n) is 20.0. The summed E-state index contributed by atoms with van der Waals surface area (Å²) in [5.74, 6) is 2.24. The van der Waals surface area contributed by atoms with Crippen molar-refractivity contribution in [3.63, 3.8) is 0 Å². The molecule has 0 unspecified atom stereocenters. The molecule has 1 amide bonds. The van der Waals surface area contributed by atoms with Crippen LogP contribution in [0.25, 0.3) is 0 Å². The van der Waals surface area contributed by atoms with Gasteiger partial charge in [-0.25, -0.2) is 4.39 Å². The van der Waals surface area contributed by atoms with Crippen LogP contribution in [0.3, 0.4) is 0 Å². The number of nitrogens with zero attached hydrogens (tertiary/aromatic N) is 2. The number of hydrogen-bond donors (Lipinski definition) is 0. The first-order valence-electron chi connectivity index (χ1n) is 12.4. The smallest absolute Gasteiger partial charge is 0.219 e. The van der Waals surface area contributed by atoms with Gasteiger partial charge in [0.25, 0.3) is 0 Å². The average Bonchev–Trinajstić information content (AvgIpc) is 3.22. The molecule has 0 aromatic heterocycles. The van der Waals surface area contributed by atoms with Gasteiger partial charge in [-0.1, -0.05) is 43.5 Å². The predicted octanol–water partition coefficient (Wildman–Crippen LogP) is 5.48. The van der Waals surface area contributed by atoms with Crippen LogP contribution in [0.4, 0.5) is 4.39 Å². The summed E-state index contributed by atoms with van der Waals surface area (Å²) < 4.78 is 18.7. The molecule has 5 heteroatoms. The van der Waals surface area contributed by atoms with Gasteiger partial charge in [0.1, 0.15) is 11.6 Å². The van der Waals surface area contributed by atoms with Gasteiger partial charge in [0.05, 0.1) is 7.11 Å². The number of benzene rings is 2.